The first-order valence-electron chi connectivity index (χ1n) is 8.47. The van der Waals surface area contributed by atoms with Crippen LogP contribution in [0.2, 0.25) is 0 Å². The minimum absolute atomic E-state index is 0.0283. The van der Waals surface area contributed by atoms with Gasteiger partial charge in [-0.05, 0) is 45.2 Å². The Labute approximate surface area is 167 Å². The van der Waals surface area contributed by atoms with E-state index in [1.165, 1.54) is 12.1 Å². The average Bonchev–Trinajstić information content (AvgIpc) is 3.12. The molecule has 0 saturated carbocycles. The molecule has 0 amide bonds. The monoisotopic (exact) mass is 419 g/mol. The van der Waals surface area contributed by atoms with Crippen LogP contribution in [0, 0.1) is 0 Å². The molecule has 0 radical (unpaired) electrons. The maximum Gasteiger partial charge on any atom is 0.312 e. The van der Waals surface area contributed by atoms with Gasteiger partial charge in [-0.1, -0.05) is 12.1 Å². The number of aliphatic carboxylic acids is 1. The fourth-order valence-corrected chi connectivity index (χ4v) is 3.29. The summed E-state index contributed by atoms with van der Waals surface area (Å²) < 4.78 is 29.8. The summed E-state index contributed by atoms with van der Waals surface area (Å²) in [5.74, 6) is -1.44. The van der Waals surface area contributed by atoms with Crippen molar-refractivity contribution >= 4 is 33.9 Å². The van der Waals surface area contributed by atoms with Crippen molar-refractivity contribution in [1.82, 2.24) is 10.2 Å². The zero-order valence-corrected chi connectivity index (χ0v) is 17.0. The molecule has 1 aromatic heterocycles. The summed E-state index contributed by atoms with van der Waals surface area (Å²) in [7, 11) is -3.38. The summed E-state index contributed by atoms with van der Waals surface area (Å²) in [6.07, 6.45) is -0.448. The van der Waals surface area contributed by atoms with Gasteiger partial charge < -0.3 is 15.3 Å². The third-order valence-corrected chi connectivity index (χ3v) is 6.06. The quantitative estimate of drug-likeness (QED) is 0.611. The van der Waals surface area contributed by atoms with Crippen molar-refractivity contribution in [2.24, 2.45) is 15.7 Å². The van der Waals surface area contributed by atoms with Crippen molar-refractivity contribution in [3.05, 3.63) is 47.4 Å². The number of hydrogen-bond donors (Lipinski definition) is 2. The highest BCUT2D eigenvalue weighted by Gasteiger charge is 2.20. The fraction of sp³-hybridized carbons (Fsp3) is 0.278. The number of nitrogens with zero attached hydrogens (tertiary/aromatic N) is 4. The Morgan fingerprint density at radius 2 is 1.90 bits per heavy atom. The van der Waals surface area contributed by atoms with Crippen molar-refractivity contribution in [2.45, 2.75) is 37.3 Å². The Bertz CT molecular complexity index is 1080. The van der Waals surface area contributed by atoms with Gasteiger partial charge in [0.25, 0.3) is 5.89 Å². The van der Waals surface area contributed by atoms with E-state index in [0.717, 1.165) is 0 Å². The predicted molar refractivity (Wildman–Crippen MR) is 107 cm³/mol. The minimum atomic E-state index is -3.38. The highest BCUT2D eigenvalue weighted by molar-refractivity contribution is 7.92. The molecule has 3 N–H and O–H groups in total. The van der Waals surface area contributed by atoms with Crippen molar-refractivity contribution in [3.8, 4) is 0 Å². The lowest BCUT2D eigenvalue weighted by Crippen LogP contribution is -2.14. The van der Waals surface area contributed by atoms with E-state index in [9.17, 15) is 13.2 Å². The molecule has 29 heavy (non-hydrogen) atoms. The summed E-state index contributed by atoms with van der Waals surface area (Å²) in [5.41, 5.74) is 6.95. The summed E-state index contributed by atoms with van der Waals surface area (Å²) in [6, 6.07) is 6.24. The van der Waals surface area contributed by atoms with Gasteiger partial charge in [-0.2, -0.15) is 0 Å². The Morgan fingerprint density at radius 1 is 1.28 bits per heavy atom. The van der Waals surface area contributed by atoms with Gasteiger partial charge in [-0.3, -0.25) is 4.79 Å². The topological polar surface area (TPSA) is 161 Å². The highest BCUT2D eigenvalue weighted by Crippen LogP contribution is 2.21. The van der Waals surface area contributed by atoms with Gasteiger partial charge in [0.05, 0.1) is 10.1 Å². The number of carboxylic acid groups (broad SMARTS) is 1. The number of carbonyl (C=O) groups is 1. The molecule has 0 aliphatic heterocycles. The van der Waals surface area contributed by atoms with Crippen LogP contribution in [-0.2, 0) is 21.1 Å². The maximum absolute atomic E-state index is 12.2. The van der Waals surface area contributed by atoms with Crippen LogP contribution in [0.25, 0.3) is 5.70 Å². The van der Waals surface area contributed by atoms with Gasteiger partial charge in [0.15, 0.2) is 21.4 Å². The van der Waals surface area contributed by atoms with Crippen LogP contribution >= 0.6 is 0 Å². The first-order valence-corrected chi connectivity index (χ1v) is 10.0. The van der Waals surface area contributed by atoms with Crippen molar-refractivity contribution < 1.29 is 22.7 Å². The lowest BCUT2D eigenvalue weighted by molar-refractivity contribution is -0.136. The lowest BCUT2D eigenvalue weighted by Gasteiger charge is -2.09. The minimum Gasteiger partial charge on any atom is -0.481 e. The van der Waals surface area contributed by atoms with Crippen LogP contribution in [0.4, 0.5) is 0 Å². The predicted octanol–water partition coefficient (Wildman–Crippen LogP) is 1.67. The summed E-state index contributed by atoms with van der Waals surface area (Å²) in [6.45, 7) is 8.25. The van der Waals surface area contributed by atoms with E-state index in [0.29, 0.717) is 11.3 Å². The van der Waals surface area contributed by atoms with Gasteiger partial charge in [0.1, 0.15) is 6.42 Å². The maximum atomic E-state index is 12.2. The molecular weight excluding hydrogens is 398 g/mol. The van der Waals surface area contributed by atoms with Gasteiger partial charge in [0, 0.05) is 5.71 Å². The van der Waals surface area contributed by atoms with E-state index >= 15 is 0 Å². The molecule has 154 valence electrons. The molecule has 0 spiro atoms. The molecule has 0 aliphatic carbocycles. The summed E-state index contributed by atoms with van der Waals surface area (Å²) in [5, 5.41) is 15.7. The first-order chi connectivity index (χ1) is 13.6. The van der Waals surface area contributed by atoms with E-state index in [-0.39, 0.29) is 28.2 Å². The summed E-state index contributed by atoms with van der Waals surface area (Å²) in [4.78, 5) is 19.0. The van der Waals surface area contributed by atoms with E-state index in [1.54, 1.807) is 32.9 Å². The Balaban J connectivity index is 2.41. The Morgan fingerprint density at radius 3 is 2.41 bits per heavy atom. The molecule has 1 aromatic carbocycles. The number of sulfone groups is 1. The molecule has 0 unspecified atom stereocenters. The van der Waals surface area contributed by atoms with Crippen molar-refractivity contribution in [1.29, 1.82) is 0 Å². The SMILES string of the molecule is C=N/C(N)=C(\N=C(/C)c1ccc(S(=O)(=O)C(C)C)cc1)c1nnc(CC(=O)O)o1. The first kappa shape index (κ1) is 22.0. The van der Waals surface area contributed by atoms with Crippen LogP contribution in [0.3, 0.4) is 0 Å². The normalized spacial score (nSPS) is 13.3. The third kappa shape index (κ3) is 5.13. The van der Waals surface area contributed by atoms with Gasteiger partial charge in [-0.25, -0.2) is 18.4 Å². The highest BCUT2D eigenvalue weighted by atomic mass is 32.2. The molecule has 0 aliphatic rings. The Hall–Kier alpha value is -3.34. The molecule has 0 saturated heterocycles. The van der Waals surface area contributed by atoms with Crippen molar-refractivity contribution in [3.63, 3.8) is 0 Å². The molecule has 0 fully saturated rings. The number of carboxylic acids is 1. The van der Waals surface area contributed by atoms with E-state index in [2.05, 4.69) is 26.9 Å². The molecule has 2 rings (SSSR count). The van der Waals surface area contributed by atoms with Crippen LogP contribution < -0.4 is 5.73 Å². The molecule has 1 heterocycles. The zero-order valence-electron chi connectivity index (χ0n) is 16.2. The summed E-state index contributed by atoms with van der Waals surface area (Å²) >= 11 is 0. The smallest absolute Gasteiger partial charge is 0.312 e. The fourth-order valence-electron chi connectivity index (χ4n) is 2.23. The second kappa shape index (κ2) is 8.78. The van der Waals surface area contributed by atoms with Crippen LogP contribution in [0.1, 0.15) is 38.1 Å². The zero-order chi connectivity index (χ0) is 21.8. The second-order valence-corrected chi connectivity index (χ2v) is 8.78. The van der Waals surface area contributed by atoms with E-state index in [4.69, 9.17) is 15.3 Å². The molecule has 2 aromatic rings. The molecule has 11 heteroatoms. The van der Waals surface area contributed by atoms with Crippen LogP contribution in [0.5, 0.6) is 0 Å². The molecule has 0 bridgehead atoms. The van der Waals surface area contributed by atoms with Crippen LogP contribution in [0.15, 0.2) is 49.4 Å². The number of benzene rings is 1. The van der Waals surface area contributed by atoms with Gasteiger partial charge in [-0.15, -0.1) is 10.2 Å². The standard InChI is InChI=1S/C18H21N5O5S/c1-10(2)29(26,27)13-7-5-12(6-8-13)11(3)21-16(17(19)20-4)18-23-22-14(28-18)9-15(24)25/h5-8,10H,4,9,19H2,1-3H3,(H,24,25)/b17-16-,21-11+. The third-order valence-electron chi connectivity index (χ3n) is 3.89. The number of rotatable bonds is 8. The molecule has 0 atom stereocenters. The van der Waals surface area contributed by atoms with E-state index in [1.807, 2.05) is 0 Å². The van der Waals surface area contributed by atoms with Crippen LogP contribution in [-0.4, -0.2) is 47.4 Å². The van der Waals surface area contributed by atoms with E-state index < -0.39 is 27.5 Å². The lowest BCUT2D eigenvalue weighted by atomic mass is 10.1. The molecular formula is C18H21N5O5S. The van der Waals surface area contributed by atoms with Gasteiger partial charge >= 0.3 is 5.97 Å². The largest absolute Gasteiger partial charge is 0.481 e. The average molecular weight is 419 g/mol. The Kier molecular flexibility index (Phi) is 6.64. The second-order valence-electron chi connectivity index (χ2n) is 6.28. The number of hydrogen-bond acceptors (Lipinski definition) is 9. The number of aromatic nitrogens is 2. The number of nitrogens with two attached hydrogens (primary N) is 1. The van der Waals surface area contributed by atoms with Gasteiger partial charge in [0.2, 0.25) is 5.89 Å². The van der Waals surface area contributed by atoms with Crippen molar-refractivity contribution in [2.75, 3.05) is 0 Å². The number of aliphatic imine (C=N–C) groups is 2. The molecule has 10 nitrogen and oxygen atoms in total.